The van der Waals surface area contributed by atoms with Crippen molar-refractivity contribution in [2.75, 3.05) is 5.32 Å². The molecule has 6 aromatic rings. The first kappa shape index (κ1) is 29.3. The molecular formula is C37H28Cl2N6O. The molecule has 3 aromatic carbocycles. The van der Waals surface area contributed by atoms with E-state index in [1.54, 1.807) is 29.3 Å². The summed E-state index contributed by atoms with van der Waals surface area (Å²) < 4.78 is 1.58. The lowest BCUT2D eigenvalue weighted by Crippen LogP contribution is -2.29. The first-order valence-electron chi connectivity index (χ1n) is 14.6. The lowest BCUT2D eigenvalue weighted by atomic mass is 9.83. The molecule has 3 aromatic heterocycles. The zero-order chi connectivity index (χ0) is 31.9. The smallest absolute Gasteiger partial charge is 0.273 e. The van der Waals surface area contributed by atoms with Crippen molar-refractivity contribution in [1.29, 1.82) is 0 Å². The second kappa shape index (κ2) is 11.9. The van der Waals surface area contributed by atoms with Crippen LogP contribution in [0.1, 0.15) is 45.7 Å². The topological polar surface area (TPSA) is 78.8 Å². The number of nitrogens with one attached hydrogen (secondary N) is 2. The van der Waals surface area contributed by atoms with Gasteiger partial charge in [0.25, 0.3) is 5.91 Å². The zero-order valence-corrected chi connectivity index (χ0v) is 26.3. The number of anilines is 1. The van der Waals surface area contributed by atoms with Crippen molar-refractivity contribution in [1.82, 2.24) is 24.6 Å². The number of carbonyl (C=O) groups excluding carboxylic acids is 1. The predicted octanol–water partition coefficient (Wildman–Crippen LogP) is 9.30. The van der Waals surface area contributed by atoms with Crippen LogP contribution in [0.2, 0.25) is 10.0 Å². The molecule has 0 spiro atoms. The summed E-state index contributed by atoms with van der Waals surface area (Å²) in [6.45, 7) is 10.6. The van der Waals surface area contributed by atoms with Crippen molar-refractivity contribution in [3.63, 3.8) is 0 Å². The molecule has 0 fully saturated rings. The summed E-state index contributed by atoms with van der Waals surface area (Å²) in [6.07, 6.45) is 5.09. The molecule has 9 heteroatoms. The van der Waals surface area contributed by atoms with Crippen LogP contribution in [0.3, 0.4) is 0 Å². The highest BCUT2D eigenvalue weighted by atomic mass is 35.5. The number of benzene rings is 3. The average molecular weight is 644 g/mol. The van der Waals surface area contributed by atoms with E-state index in [-0.39, 0.29) is 11.9 Å². The van der Waals surface area contributed by atoms with E-state index in [4.69, 9.17) is 23.2 Å². The van der Waals surface area contributed by atoms with Gasteiger partial charge in [0.2, 0.25) is 0 Å². The summed E-state index contributed by atoms with van der Waals surface area (Å²) in [5.74, 6) is 0.691. The van der Waals surface area contributed by atoms with Crippen LogP contribution in [-0.2, 0) is 0 Å². The summed E-state index contributed by atoms with van der Waals surface area (Å²) in [6, 6.07) is 28.5. The van der Waals surface area contributed by atoms with Crippen molar-refractivity contribution in [3.8, 4) is 5.82 Å². The predicted molar refractivity (Wildman–Crippen MR) is 186 cm³/mol. The van der Waals surface area contributed by atoms with Crippen LogP contribution in [0.15, 0.2) is 128 Å². The minimum absolute atomic E-state index is 0.325. The van der Waals surface area contributed by atoms with E-state index in [9.17, 15) is 4.79 Å². The van der Waals surface area contributed by atoms with E-state index in [0.717, 1.165) is 50.0 Å². The highest BCUT2D eigenvalue weighted by Crippen LogP contribution is 2.51. The fraction of sp³-hybridized carbons (Fsp3) is 0.0541. The van der Waals surface area contributed by atoms with Gasteiger partial charge in [-0.25, -0.2) is 4.98 Å². The van der Waals surface area contributed by atoms with Crippen molar-refractivity contribution < 1.29 is 4.79 Å². The molecule has 1 aliphatic heterocycles. The van der Waals surface area contributed by atoms with Gasteiger partial charge in [-0.2, -0.15) is 9.78 Å². The van der Waals surface area contributed by atoms with Crippen LogP contribution in [-0.4, -0.2) is 30.6 Å². The largest absolute Gasteiger partial charge is 0.350 e. The third-order valence-electron chi connectivity index (χ3n) is 8.05. The van der Waals surface area contributed by atoms with Gasteiger partial charge < -0.3 is 15.2 Å². The molecule has 46 heavy (non-hydrogen) atoms. The van der Waals surface area contributed by atoms with Gasteiger partial charge in [-0.1, -0.05) is 84.9 Å². The Bertz CT molecular complexity index is 2160. The van der Waals surface area contributed by atoms with E-state index in [0.29, 0.717) is 27.4 Å². The Morgan fingerprint density at radius 3 is 2.41 bits per heavy atom. The van der Waals surface area contributed by atoms with Crippen LogP contribution in [0.5, 0.6) is 0 Å². The molecule has 7 rings (SSSR count). The normalized spacial score (nSPS) is 15.1. The number of allylic oxidation sites excluding steroid dienone is 2. The Morgan fingerprint density at radius 1 is 0.957 bits per heavy atom. The molecule has 2 N–H and O–H groups in total. The van der Waals surface area contributed by atoms with Gasteiger partial charge in [-0.3, -0.25) is 4.79 Å². The molecule has 0 saturated carbocycles. The fourth-order valence-electron chi connectivity index (χ4n) is 6.22. The summed E-state index contributed by atoms with van der Waals surface area (Å²) >= 11 is 13.1. The second-order valence-corrected chi connectivity index (χ2v) is 11.8. The number of aromatic amines is 1. The van der Waals surface area contributed by atoms with Gasteiger partial charge >= 0.3 is 0 Å². The Balaban J connectivity index is 1.52. The Kier molecular flexibility index (Phi) is 7.56. The third-order valence-corrected chi connectivity index (χ3v) is 8.52. The second-order valence-electron chi connectivity index (χ2n) is 11.0. The summed E-state index contributed by atoms with van der Waals surface area (Å²) in [4.78, 5) is 24.3. The minimum atomic E-state index is -0.355. The van der Waals surface area contributed by atoms with E-state index in [2.05, 4.69) is 38.4 Å². The molecule has 226 valence electrons. The highest BCUT2D eigenvalue weighted by molar-refractivity contribution is 6.32. The number of carbonyl (C=O) groups is 1. The molecule has 1 unspecified atom stereocenters. The lowest BCUT2D eigenvalue weighted by Gasteiger charge is -2.39. The standard InChI is InChI=1S/C37H28Cl2N6O/c1-4-44-35(24-13-15-25(38)16-14-24)27-20-26(39)21-28-32(27)33(36(44)31(22(2)3)23-10-6-5-7-11-23)34(42-28)37(46)43-30-17-19-41-45(30)29-12-8-9-18-40-29/h4-21,35,42H,1-2H2,3H3,(H,43,46). The summed E-state index contributed by atoms with van der Waals surface area (Å²) in [7, 11) is 0. The first-order chi connectivity index (χ1) is 22.4. The first-order valence-corrected chi connectivity index (χ1v) is 15.4. The maximum Gasteiger partial charge on any atom is 0.273 e. The van der Waals surface area contributed by atoms with Crippen LogP contribution < -0.4 is 5.32 Å². The van der Waals surface area contributed by atoms with Crippen LogP contribution in [0.25, 0.3) is 28.0 Å². The summed E-state index contributed by atoms with van der Waals surface area (Å²) in [5, 5.41) is 9.51. The maximum atomic E-state index is 14.4. The number of pyridine rings is 1. The van der Waals surface area contributed by atoms with Crippen LogP contribution in [0, 0.1) is 0 Å². The van der Waals surface area contributed by atoms with Gasteiger partial charge in [-0.15, -0.1) is 0 Å². The molecule has 0 aliphatic carbocycles. The molecule has 4 heterocycles. The van der Waals surface area contributed by atoms with E-state index in [1.165, 1.54) is 0 Å². The van der Waals surface area contributed by atoms with Gasteiger partial charge in [-0.05, 0) is 71.8 Å². The fourth-order valence-corrected chi connectivity index (χ4v) is 6.58. The Hall–Kier alpha value is -5.37. The zero-order valence-electron chi connectivity index (χ0n) is 24.8. The van der Waals surface area contributed by atoms with Crippen molar-refractivity contribution in [2.24, 2.45) is 0 Å². The summed E-state index contributed by atoms with van der Waals surface area (Å²) in [5.41, 5.74) is 7.17. The van der Waals surface area contributed by atoms with Crippen LogP contribution in [0.4, 0.5) is 5.82 Å². The molecule has 0 saturated heterocycles. The van der Waals surface area contributed by atoms with E-state index in [1.807, 2.05) is 91.9 Å². The van der Waals surface area contributed by atoms with E-state index < -0.39 is 0 Å². The number of aromatic nitrogens is 4. The van der Waals surface area contributed by atoms with Crippen LogP contribution >= 0.6 is 23.2 Å². The average Bonchev–Trinajstić information content (AvgIpc) is 3.68. The van der Waals surface area contributed by atoms with Gasteiger partial charge in [0, 0.05) is 44.3 Å². The number of H-pyrrole nitrogens is 1. The highest BCUT2D eigenvalue weighted by Gasteiger charge is 2.38. The quantitative estimate of drug-likeness (QED) is 0.182. The SMILES string of the molecule is C=CN1C(=C(C(=C)C)c2ccccc2)c2c(C(=O)Nc3ccnn3-c3ccccn3)[nH]c3cc(Cl)cc(c23)C1c1ccc(Cl)cc1. The number of nitrogens with zero attached hydrogens (tertiary/aromatic N) is 4. The molecule has 0 radical (unpaired) electrons. The van der Waals surface area contributed by atoms with Crippen molar-refractivity contribution in [2.45, 2.75) is 13.0 Å². The molecule has 1 aliphatic rings. The minimum Gasteiger partial charge on any atom is -0.350 e. The number of halogens is 2. The van der Waals surface area contributed by atoms with Crippen molar-refractivity contribution in [3.05, 3.63) is 166 Å². The third kappa shape index (κ3) is 5.00. The van der Waals surface area contributed by atoms with Gasteiger partial charge in [0.05, 0.1) is 17.9 Å². The number of rotatable bonds is 7. The Labute approximate surface area is 276 Å². The number of hydrogen-bond acceptors (Lipinski definition) is 4. The molecule has 1 amide bonds. The van der Waals surface area contributed by atoms with Gasteiger partial charge in [0.1, 0.15) is 11.5 Å². The number of hydrogen-bond donors (Lipinski definition) is 2. The molecule has 0 bridgehead atoms. The van der Waals surface area contributed by atoms with E-state index >= 15 is 0 Å². The molecule has 1 atom stereocenters. The van der Waals surface area contributed by atoms with Crippen molar-refractivity contribution >= 4 is 57.1 Å². The monoisotopic (exact) mass is 642 g/mol. The number of amides is 1. The lowest BCUT2D eigenvalue weighted by molar-refractivity contribution is 0.102. The molecular weight excluding hydrogens is 615 g/mol. The Morgan fingerprint density at radius 2 is 1.72 bits per heavy atom. The van der Waals surface area contributed by atoms with Gasteiger partial charge in [0.15, 0.2) is 5.82 Å². The maximum absolute atomic E-state index is 14.4. The molecule has 7 nitrogen and oxygen atoms in total.